The van der Waals surface area contributed by atoms with Crippen molar-refractivity contribution in [1.29, 1.82) is 0 Å². The lowest BCUT2D eigenvalue weighted by Gasteiger charge is -2.29. The summed E-state index contributed by atoms with van der Waals surface area (Å²) in [7, 11) is -3.58. The van der Waals surface area contributed by atoms with Crippen molar-refractivity contribution in [2.24, 2.45) is 0 Å². The summed E-state index contributed by atoms with van der Waals surface area (Å²) < 4.78 is 32.6. The summed E-state index contributed by atoms with van der Waals surface area (Å²) in [5.41, 5.74) is 0. The summed E-state index contributed by atoms with van der Waals surface area (Å²) in [5.74, 6) is -0.0679. The van der Waals surface area contributed by atoms with Crippen LogP contribution in [0.5, 0.6) is 0 Å². The Morgan fingerprint density at radius 1 is 1.38 bits per heavy atom. The molecule has 2 rings (SSSR count). The van der Waals surface area contributed by atoms with E-state index in [0.717, 1.165) is 31.0 Å². The molecule has 1 fully saturated rings. The Balaban J connectivity index is 1.79. The number of carbonyl (C=O) groups excluding carboxylic acids is 1. The maximum absolute atomic E-state index is 12.1. The maximum Gasteiger partial charge on any atom is 0.250 e. The van der Waals surface area contributed by atoms with Gasteiger partial charge in [0, 0.05) is 46.2 Å². The molecule has 24 heavy (non-hydrogen) atoms. The zero-order valence-electron chi connectivity index (χ0n) is 13.5. The number of thiophene rings is 1. The Bertz CT molecular complexity index is 644. The molecule has 1 aromatic rings. The Labute approximate surface area is 151 Å². The summed E-state index contributed by atoms with van der Waals surface area (Å²) in [4.78, 5) is 15.6. The summed E-state index contributed by atoms with van der Waals surface area (Å²) in [6.07, 6.45) is 0. The van der Waals surface area contributed by atoms with Gasteiger partial charge in [0.2, 0.25) is 15.9 Å². The van der Waals surface area contributed by atoms with Crippen molar-refractivity contribution in [3.63, 3.8) is 0 Å². The molecule has 0 radical (unpaired) electrons. The molecule has 136 valence electrons. The third kappa shape index (κ3) is 5.98. The molecule has 0 aliphatic carbocycles. The van der Waals surface area contributed by atoms with Gasteiger partial charge in [-0.15, -0.1) is 11.3 Å². The average Bonchev–Trinajstić information content (AvgIpc) is 2.98. The second kappa shape index (κ2) is 9.12. The van der Waals surface area contributed by atoms with Gasteiger partial charge >= 0.3 is 0 Å². The van der Waals surface area contributed by atoms with Gasteiger partial charge < -0.3 is 9.64 Å². The van der Waals surface area contributed by atoms with Gasteiger partial charge in [0.05, 0.1) is 17.6 Å². The molecule has 2 heterocycles. The van der Waals surface area contributed by atoms with E-state index in [0.29, 0.717) is 30.6 Å². The molecular formula is C14H22ClN3O4S2. The third-order valence-electron chi connectivity index (χ3n) is 3.72. The third-order valence-corrected chi connectivity index (χ3v) is 6.91. The largest absolute Gasteiger partial charge is 0.379 e. The molecule has 0 saturated carbocycles. The van der Waals surface area contributed by atoms with Crippen molar-refractivity contribution < 1.29 is 17.9 Å². The van der Waals surface area contributed by atoms with E-state index in [4.69, 9.17) is 16.3 Å². The van der Waals surface area contributed by atoms with E-state index in [1.54, 1.807) is 11.0 Å². The number of nitrogens with zero attached hydrogens (tertiary/aromatic N) is 2. The molecule has 1 amide bonds. The van der Waals surface area contributed by atoms with E-state index in [9.17, 15) is 13.2 Å². The molecule has 0 bridgehead atoms. The summed E-state index contributed by atoms with van der Waals surface area (Å²) in [5, 5.41) is 0. The number of carbonyl (C=O) groups is 1. The van der Waals surface area contributed by atoms with Crippen LogP contribution in [0.4, 0.5) is 0 Å². The Hall–Kier alpha value is -0.710. The van der Waals surface area contributed by atoms with Gasteiger partial charge in [-0.2, -0.15) is 0 Å². The zero-order valence-corrected chi connectivity index (χ0v) is 15.9. The van der Waals surface area contributed by atoms with E-state index in [2.05, 4.69) is 9.62 Å². The molecular weight excluding hydrogens is 374 g/mol. The normalized spacial score (nSPS) is 16.2. The quantitative estimate of drug-likeness (QED) is 0.706. The molecule has 1 aliphatic rings. The van der Waals surface area contributed by atoms with Crippen LogP contribution in [-0.4, -0.2) is 76.6 Å². The van der Waals surface area contributed by atoms with E-state index < -0.39 is 10.0 Å². The molecule has 1 aliphatic heterocycles. The fourth-order valence-electron chi connectivity index (χ4n) is 2.34. The first-order valence-electron chi connectivity index (χ1n) is 7.69. The highest BCUT2D eigenvalue weighted by Crippen LogP contribution is 2.25. The van der Waals surface area contributed by atoms with E-state index >= 15 is 0 Å². The molecule has 1 aromatic heterocycles. The van der Waals surface area contributed by atoms with Crippen molar-refractivity contribution in [1.82, 2.24) is 14.5 Å². The minimum absolute atomic E-state index is 0.0679. The molecule has 0 spiro atoms. The van der Waals surface area contributed by atoms with Crippen molar-refractivity contribution in [3.8, 4) is 0 Å². The van der Waals surface area contributed by atoms with Crippen LogP contribution < -0.4 is 4.72 Å². The van der Waals surface area contributed by atoms with Gasteiger partial charge in [-0.3, -0.25) is 9.69 Å². The van der Waals surface area contributed by atoms with Crippen LogP contribution in [0.3, 0.4) is 0 Å². The van der Waals surface area contributed by atoms with Gasteiger partial charge in [-0.25, -0.2) is 13.1 Å². The number of hydrogen-bond acceptors (Lipinski definition) is 6. The van der Waals surface area contributed by atoms with E-state index in [1.807, 2.05) is 0 Å². The fraction of sp³-hybridized carbons (Fsp3) is 0.643. The van der Waals surface area contributed by atoms with Crippen LogP contribution >= 0.6 is 22.9 Å². The lowest BCUT2D eigenvalue weighted by molar-refractivity contribution is -0.129. The minimum Gasteiger partial charge on any atom is -0.379 e. The highest BCUT2D eigenvalue weighted by molar-refractivity contribution is 7.91. The molecule has 0 aromatic carbocycles. The molecule has 7 nitrogen and oxygen atoms in total. The number of sulfonamides is 1. The van der Waals surface area contributed by atoms with Gasteiger partial charge in [0.1, 0.15) is 4.21 Å². The number of morpholine rings is 1. The summed E-state index contributed by atoms with van der Waals surface area (Å²) in [6.45, 7) is 6.46. The topological polar surface area (TPSA) is 79.0 Å². The van der Waals surface area contributed by atoms with Crippen LogP contribution in [0.15, 0.2) is 16.3 Å². The number of amides is 1. The number of nitrogens with one attached hydrogen (secondary N) is 1. The highest BCUT2D eigenvalue weighted by atomic mass is 35.5. The van der Waals surface area contributed by atoms with Crippen LogP contribution in [0.1, 0.15) is 6.92 Å². The SMILES string of the molecule is CC(=O)N(CCNS(=O)(=O)c1ccc(Cl)s1)CCN1CCOCC1. The van der Waals surface area contributed by atoms with Gasteiger partial charge in [-0.05, 0) is 12.1 Å². The number of rotatable bonds is 8. The second-order valence-corrected chi connectivity index (χ2v) is 9.13. The standard InChI is InChI=1S/C14H22ClN3O4S2/c1-12(19)18(7-6-17-8-10-22-11-9-17)5-4-16-24(20,21)14-3-2-13(15)23-14/h2-3,16H,4-11H2,1H3. The van der Waals surface area contributed by atoms with Gasteiger partial charge in [0.25, 0.3) is 0 Å². The van der Waals surface area contributed by atoms with Crippen molar-refractivity contribution in [3.05, 3.63) is 16.5 Å². The molecule has 10 heteroatoms. The van der Waals surface area contributed by atoms with E-state index in [1.165, 1.54) is 13.0 Å². The zero-order chi connectivity index (χ0) is 17.6. The Morgan fingerprint density at radius 3 is 2.67 bits per heavy atom. The van der Waals surface area contributed by atoms with Crippen LogP contribution in [0.25, 0.3) is 0 Å². The molecule has 0 unspecified atom stereocenters. The first-order chi connectivity index (χ1) is 11.4. The van der Waals surface area contributed by atoms with E-state index in [-0.39, 0.29) is 16.7 Å². The van der Waals surface area contributed by atoms with Crippen LogP contribution in [0, 0.1) is 0 Å². The lowest BCUT2D eigenvalue weighted by Crippen LogP contribution is -2.44. The fourth-order valence-corrected chi connectivity index (χ4v) is 4.89. The first-order valence-corrected chi connectivity index (χ1v) is 10.4. The summed E-state index contributed by atoms with van der Waals surface area (Å²) in [6, 6.07) is 3.02. The number of halogens is 1. The monoisotopic (exact) mass is 395 g/mol. The smallest absolute Gasteiger partial charge is 0.250 e. The molecule has 0 atom stereocenters. The van der Waals surface area contributed by atoms with Crippen molar-refractivity contribution >= 4 is 38.9 Å². The minimum atomic E-state index is -3.58. The highest BCUT2D eigenvalue weighted by Gasteiger charge is 2.18. The van der Waals surface area contributed by atoms with Gasteiger partial charge in [-0.1, -0.05) is 11.6 Å². The predicted molar refractivity (Wildman–Crippen MR) is 94.0 cm³/mol. The number of hydrogen-bond donors (Lipinski definition) is 1. The van der Waals surface area contributed by atoms with Gasteiger partial charge in [0.15, 0.2) is 0 Å². The maximum atomic E-state index is 12.1. The van der Waals surface area contributed by atoms with Crippen LogP contribution in [-0.2, 0) is 19.6 Å². The number of ether oxygens (including phenoxy) is 1. The predicted octanol–water partition coefficient (Wildman–Crippen LogP) is 0.860. The summed E-state index contributed by atoms with van der Waals surface area (Å²) >= 11 is 6.77. The average molecular weight is 396 g/mol. The molecule has 1 saturated heterocycles. The van der Waals surface area contributed by atoms with Crippen molar-refractivity contribution in [2.75, 3.05) is 52.5 Å². The lowest BCUT2D eigenvalue weighted by atomic mass is 10.3. The van der Waals surface area contributed by atoms with Crippen LogP contribution in [0.2, 0.25) is 4.34 Å². The first kappa shape index (κ1) is 19.6. The molecule has 1 N–H and O–H groups in total. The van der Waals surface area contributed by atoms with Crippen molar-refractivity contribution in [2.45, 2.75) is 11.1 Å². The Kier molecular flexibility index (Phi) is 7.45. The second-order valence-electron chi connectivity index (χ2n) is 5.42. The Morgan fingerprint density at radius 2 is 2.08 bits per heavy atom.